The maximum atomic E-state index is 12.8. The average Bonchev–Trinajstić information content (AvgIpc) is 2.59. The third-order valence-electron chi connectivity index (χ3n) is 5.23. The summed E-state index contributed by atoms with van der Waals surface area (Å²) in [6.07, 6.45) is -0.690. The van der Waals surface area contributed by atoms with Crippen molar-refractivity contribution in [1.29, 1.82) is 0 Å². The van der Waals surface area contributed by atoms with Crippen molar-refractivity contribution in [2.45, 2.75) is 51.7 Å². The Balaban J connectivity index is 1.86. The van der Waals surface area contributed by atoms with Gasteiger partial charge in [-0.2, -0.15) is 13.2 Å². The molecular formula is C20H29F3N2O. The summed E-state index contributed by atoms with van der Waals surface area (Å²) in [6, 6.07) is 5.79. The van der Waals surface area contributed by atoms with Crippen LogP contribution in [0.3, 0.4) is 0 Å². The molecule has 0 unspecified atom stereocenters. The lowest BCUT2D eigenvalue weighted by atomic mass is 9.91. The zero-order valence-electron chi connectivity index (χ0n) is 15.9. The molecule has 0 radical (unpaired) electrons. The van der Waals surface area contributed by atoms with Gasteiger partial charge in [0.2, 0.25) is 5.91 Å². The van der Waals surface area contributed by atoms with E-state index in [2.05, 4.69) is 4.90 Å². The number of hydrogen-bond donors (Lipinski definition) is 0. The number of aryl methyl sites for hydroxylation is 1. The highest BCUT2D eigenvalue weighted by Crippen LogP contribution is 2.30. The van der Waals surface area contributed by atoms with Crippen molar-refractivity contribution >= 4 is 5.91 Å². The second-order valence-electron chi connectivity index (χ2n) is 7.58. The Morgan fingerprint density at radius 3 is 2.73 bits per heavy atom. The number of carbonyl (C=O) groups excluding carboxylic acids is 1. The zero-order chi connectivity index (χ0) is 19.3. The van der Waals surface area contributed by atoms with Crippen LogP contribution in [0, 0.1) is 5.92 Å². The van der Waals surface area contributed by atoms with Crippen LogP contribution in [0.15, 0.2) is 24.3 Å². The standard InChI is InChI=1S/C20H29F3N2O/c1-15(2)24(3)19(26)14-25-11-5-7-17(13-25)10-9-16-6-4-8-18(12-16)20(21,22)23/h4,6,8,12,15,17H,5,7,9-11,13-14H2,1-3H3/t17-/m0/s1. The van der Waals surface area contributed by atoms with E-state index in [-0.39, 0.29) is 11.9 Å². The van der Waals surface area contributed by atoms with Gasteiger partial charge in [-0.3, -0.25) is 9.69 Å². The number of rotatable bonds is 6. The molecule has 1 aliphatic rings. The summed E-state index contributed by atoms with van der Waals surface area (Å²) in [4.78, 5) is 16.2. The minimum absolute atomic E-state index is 0.124. The van der Waals surface area contributed by atoms with Crippen molar-refractivity contribution in [3.8, 4) is 0 Å². The Morgan fingerprint density at radius 2 is 2.08 bits per heavy atom. The van der Waals surface area contributed by atoms with Gasteiger partial charge < -0.3 is 4.90 Å². The van der Waals surface area contributed by atoms with Crippen molar-refractivity contribution in [1.82, 2.24) is 9.80 Å². The number of likely N-dealkylation sites (tertiary alicyclic amines) is 1. The van der Waals surface area contributed by atoms with Crippen molar-refractivity contribution in [2.75, 3.05) is 26.7 Å². The molecule has 3 nitrogen and oxygen atoms in total. The molecule has 1 amide bonds. The predicted molar refractivity (Wildman–Crippen MR) is 96.8 cm³/mol. The van der Waals surface area contributed by atoms with Crippen LogP contribution in [0.2, 0.25) is 0 Å². The Kier molecular flexibility index (Phi) is 7.09. The molecule has 1 fully saturated rings. The van der Waals surface area contributed by atoms with E-state index in [4.69, 9.17) is 0 Å². The van der Waals surface area contributed by atoms with Gasteiger partial charge in [0.1, 0.15) is 0 Å². The van der Waals surface area contributed by atoms with E-state index in [1.807, 2.05) is 20.9 Å². The molecule has 0 saturated carbocycles. The van der Waals surface area contributed by atoms with Crippen LogP contribution in [0.1, 0.15) is 44.2 Å². The molecule has 0 N–H and O–H groups in total. The molecule has 1 aromatic carbocycles. The van der Waals surface area contributed by atoms with Crippen molar-refractivity contribution in [3.05, 3.63) is 35.4 Å². The smallest absolute Gasteiger partial charge is 0.342 e. The summed E-state index contributed by atoms with van der Waals surface area (Å²) in [7, 11) is 1.82. The summed E-state index contributed by atoms with van der Waals surface area (Å²) in [6.45, 7) is 6.17. The monoisotopic (exact) mass is 370 g/mol. The number of benzene rings is 1. The molecule has 2 rings (SSSR count). The van der Waals surface area contributed by atoms with Crippen LogP contribution in [0.25, 0.3) is 0 Å². The van der Waals surface area contributed by atoms with Crippen LogP contribution in [0.4, 0.5) is 13.2 Å². The molecular weight excluding hydrogens is 341 g/mol. The van der Waals surface area contributed by atoms with Gasteiger partial charge in [0.25, 0.3) is 0 Å². The Hall–Kier alpha value is -1.56. The van der Waals surface area contributed by atoms with Crippen molar-refractivity contribution in [3.63, 3.8) is 0 Å². The second kappa shape index (κ2) is 8.89. The van der Waals surface area contributed by atoms with Gasteiger partial charge in [0.15, 0.2) is 0 Å². The number of carbonyl (C=O) groups is 1. The van der Waals surface area contributed by atoms with Gasteiger partial charge in [-0.05, 0) is 63.6 Å². The quantitative estimate of drug-likeness (QED) is 0.749. The number of amides is 1. The lowest BCUT2D eigenvalue weighted by molar-refractivity contribution is -0.137. The number of likely N-dealkylation sites (N-methyl/N-ethyl adjacent to an activating group) is 1. The number of nitrogens with zero attached hydrogens (tertiary/aromatic N) is 2. The first-order chi connectivity index (χ1) is 12.2. The van der Waals surface area contributed by atoms with Crippen LogP contribution in [-0.4, -0.2) is 48.4 Å². The highest BCUT2D eigenvalue weighted by atomic mass is 19.4. The Morgan fingerprint density at radius 1 is 1.35 bits per heavy atom. The van der Waals surface area contributed by atoms with E-state index in [1.165, 1.54) is 12.1 Å². The molecule has 1 heterocycles. The molecule has 146 valence electrons. The summed E-state index contributed by atoms with van der Waals surface area (Å²) in [5, 5.41) is 0. The number of hydrogen-bond acceptors (Lipinski definition) is 2. The third-order valence-corrected chi connectivity index (χ3v) is 5.23. The molecule has 0 aliphatic carbocycles. The summed E-state index contributed by atoms with van der Waals surface area (Å²) >= 11 is 0. The fourth-order valence-corrected chi connectivity index (χ4v) is 3.40. The van der Waals surface area contributed by atoms with Crippen molar-refractivity contribution < 1.29 is 18.0 Å². The van der Waals surface area contributed by atoms with Gasteiger partial charge in [-0.25, -0.2) is 0 Å². The molecule has 1 atom stereocenters. The van der Waals surface area contributed by atoms with Crippen LogP contribution < -0.4 is 0 Å². The highest BCUT2D eigenvalue weighted by Gasteiger charge is 2.30. The lowest BCUT2D eigenvalue weighted by Crippen LogP contribution is -2.44. The first kappa shape index (κ1) is 20.7. The lowest BCUT2D eigenvalue weighted by Gasteiger charge is -2.34. The number of alkyl halides is 3. The Bertz CT molecular complexity index is 601. The van der Waals surface area contributed by atoms with Gasteiger partial charge in [0, 0.05) is 19.6 Å². The van der Waals surface area contributed by atoms with Crippen molar-refractivity contribution in [2.24, 2.45) is 5.92 Å². The van der Waals surface area contributed by atoms with E-state index in [0.29, 0.717) is 18.9 Å². The normalized spacial score (nSPS) is 19.0. The van der Waals surface area contributed by atoms with Gasteiger partial charge in [0.05, 0.1) is 12.1 Å². The molecule has 1 aliphatic heterocycles. The van der Waals surface area contributed by atoms with Gasteiger partial charge >= 0.3 is 6.18 Å². The highest BCUT2D eigenvalue weighted by molar-refractivity contribution is 5.78. The average molecular weight is 370 g/mol. The second-order valence-corrected chi connectivity index (χ2v) is 7.58. The minimum Gasteiger partial charge on any atom is -0.342 e. The number of piperidine rings is 1. The summed E-state index contributed by atoms with van der Waals surface area (Å²) in [5.41, 5.74) is 0.148. The minimum atomic E-state index is -4.29. The van der Waals surface area contributed by atoms with E-state index in [0.717, 1.165) is 44.0 Å². The van der Waals surface area contributed by atoms with E-state index in [1.54, 1.807) is 11.0 Å². The van der Waals surface area contributed by atoms with Crippen LogP contribution >= 0.6 is 0 Å². The molecule has 1 saturated heterocycles. The fraction of sp³-hybridized carbons (Fsp3) is 0.650. The largest absolute Gasteiger partial charge is 0.416 e. The topological polar surface area (TPSA) is 23.6 Å². The van der Waals surface area contributed by atoms with E-state index in [9.17, 15) is 18.0 Å². The molecule has 0 bridgehead atoms. The molecule has 0 spiro atoms. The SMILES string of the molecule is CC(C)N(C)C(=O)CN1CCC[C@@H](CCc2cccc(C(F)(F)F)c2)C1. The molecule has 1 aromatic rings. The first-order valence-corrected chi connectivity index (χ1v) is 9.31. The maximum Gasteiger partial charge on any atom is 0.416 e. The summed E-state index contributed by atoms with van der Waals surface area (Å²) in [5.74, 6) is 0.550. The molecule has 26 heavy (non-hydrogen) atoms. The maximum absolute atomic E-state index is 12.8. The molecule has 0 aromatic heterocycles. The number of halogens is 3. The zero-order valence-corrected chi connectivity index (χ0v) is 15.9. The summed E-state index contributed by atoms with van der Waals surface area (Å²) < 4.78 is 38.4. The predicted octanol–water partition coefficient (Wildman–Crippen LogP) is 4.22. The van der Waals surface area contributed by atoms with Crippen LogP contribution in [-0.2, 0) is 17.4 Å². The van der Waals surface area contributed by atoms with Crippen LogP contribution in [0.5, 0.6) is 0 Å². The first-order valence-electron chi connectivity index (χ1n) is 9.31. The van der Waals surface area contributed by atoms with Gasteiger partial charge in [-0.15, -0.1) is 0 Å². The fourth-order valence-electron chi connectivity index (χ4n) is 3.40. The molecule has 6 heteroatoms. The van der Waals surface area contributed by atoms with Gasteiger partial charge in [-0.1, -0.05) is 18.2 Å². The van der Waals surface area contributed by atoms with E-state index < -0.39 is 11.7 Å². The van der Waals surface area contributed by atoms with E-state index >= 15 is 0 Å². The Labute approximate surface area is 154 Å². The third kappa shape index (κ3) is 6.01.